The summed E-state index contributed by atoms with van der Waals surface area (Å²) in [6, 6.07) is 21.9. The third kappa shape index (κ3) is 4.13. The van der Waals surface area contributed by atoms with Crippen LogP contribution in [-0.2, 0) is 0 Å². The summed E-state index contributed by atoms with van der Waals surface area (Å²) in [6.07, 6.45) is 0. The molecule has 1 atom stereocenters. The first-order valence-corrected chi connectivity index (χ1v) is 10.4. The fourth-order valence-corrected chi connectivity index (χ4v) is 4.52. The summed E-state index contributed by atoms with van der Waals surface area (Å²) in [7, 11) is 1.61. The lowest BCUT2D eigenvalue weighted by Gasteiger charge is -2.22. The average Bonchev–Trinajstić information content (AvgIpc) is 3.19. The second-order valence-electron chi connectivity index (χ2n) is 6.28. The highest BCUT2D eigenvalue weighted by atomic mass is 35.5. The Bertz CT molecular complexity index is 1090. The van der Waals surface area contributed by atoms with Gasteiger partial charge in [-0.05, 0) is 36.4 Å². The van der Waals surface area contributed by atoms with Gasteiger partial charge in [-0.3, -0.25) is 4.79 Å². The van der Waals surface area contributed by atoms with E-state index in [4.69, 9.17) is 27.9 Å². The van der Waals surface area contributed by atoms with Crippen molar-refractivity contribution in [1.29, 1.82) is 0 Å². The summed E-state index contributed by atoms with van der Waals surface area (Å²) in [5, 5.41) is 7.63. The zero-order valence-corrected chi connectivity index (χ0v) is 17.7. The number of hydrazone groups is 1. The van der Waals surface area contributed by atoms with Gasteiger partial charge < -0.3 is 4.74 Å². The van der Waals surface area contributed by atoms with Crippen LogP contribution in [0.3, 0.4) is 0 Å². The molecule has 1 amide bonds. The number of hydrogen-bond acceptors (Lipinski definition) is 4. The number of rotatable bonds is 4. The SMILES string of the molecule is COc1ccccc1C1SC(c2ccc(Cl)cc2)=NN1C(=O)c1cccc(Cl)c1. The van der Waals surface area contributed by atoms with Crippen LogP contribution in [0.15, 0.2) is 77.9 Å². The molecule has 1 heterocycles. The molecule has 0 spiro atoms. The smallest absolute Gasteiger partial charge is 0.275 e. The first-order chi connectivity index (χ1) is 14.1. The molecule has 0 bridgehead atoms. The number of methoxy groups -OCH3 is 1. The molecule has 0 saturated heterocycles. The number of nitrogens with zero attached hydrogens (tertiary/aromatic N) is 2. The van der Waals surface area contributed by atoms with Crippen LogP contribution in [0.4, 0.5) is 0 Å². The van der Waals surface area contributed by atoms with Crippen molar-refractivity contribution < 1.29 is 9.53 Å². The molecule has 4 nitrogen and oxygen atoms in total. The molecule has 0 saturated carbocycles. The van der Waals surface area contributed by atoms with E-state index < -0.39 is 0 Å². The fraction of sp³-hybridized carbons (Fsp3) is 0.0909. The van der Waals surface area contributed by atoms with Crippen molar-refractivity contribution in [2.75, 3.05) is 7.11 Å². The van der Waals surface area contributed by atoms with Crippen LogP contribution in [0.25, 0.3) is 0 Å². The molecule has 1 aliphatic heterocycles. The molecule has 3 aromatic carbocycles. The summed E-state index contributed by atoms with van der Waals surface area (Å²) in [4.78, 5) is 13.3. The monoisotopic (exact) mass is 442 g/mol. The number of hydrogen-bond donors (Lipinski definition) is 0. The number of carbonyl (C=O) groups is 1. The molecule has 146 valence electrons. The zero-order valence-electron chi connectivity index (χ0n) is 15.4. The molecular formula is C22H16Cl2N2O2S. The van der Waals surface area contributed by atoms with Gasteiger partial charge in [-0.25, -0.2) is 5.01 Å². The summed E-state index contributed by atoms with van der Waals surface area (Å²) in [5.74, 6) is 0.460. The Morgan fingerprint density at radius 1 is 1.00 bits per heavy atom. The van der Waals surface area contributed by atoms with Crippen LogP contribution in [0.1, 0.15) is 26.9 Å². The van der Waals surface area contributed by atoms with Crippen molar-refractivity contribution >= 4 is 45.9 Å². The van der Waals surface area contributed by atoms with Crippen molar-refractivity contribution in [1.82, 2.24) is 5.01 Å². The van der Waals surface area contributed by atoms with Gasteiger partial charge >= 0.3 is 0 Å². The Balaban J connectivity index is 1.77. The number of halogens is 2. The molecule has 3 aromatic rings. The van der Waals surface area contributed by atoms with E-state index in [0.29, 0.717) is 21.4 Å². The van der Waals surface area contributed by atoms with Gasteiger partial charge in [0.2, 0.25) is 0 Å². The Labute approximate surface area is 183 Å². The molecule has 1 aliphatic rings. The van der Waals surface area contributed by atoms with E-state index in [0.717, 1.165) is 16.2 Å². The van der Waals surface area contributed by atoms with Crippen molar-refractivity contribution in [3.8, 4) is 5.75 Å². The maximum Gasteiger partial charge on any atom is 0.275 e. The molecule has 1 unspecified atom stereocenters. The normalized spacial score (nSPS) is 15.9. The van der Waals surface area contributed by atoms with Gasteiger partial charge in [0.05, 0.1) is 7.11 Å². The van der Waals surface area contributed by atoms with E-state index in [1.54, 1.807) is 43.5 Å². The van der Waals surface area contributed by atoms with Gasteiger partial charge in [-0.15, -0.1) is 0 Å². The number of carbonyl (C=O) groups excluding carboxylic acids is 1. The van der Waals surface area contributed by atoms with Gasteiger partial charge in [0, 0.05) is 26.7 Å². The summed E-state index contributed by atoms with van der Waals surface area (Å²) in [6.45, 7) is 0. The van der Waals surface area contributed by atoms with E-state index in [-0.39, 0.29) is 11.3 Å². The van der Waals surface area contributed by atoms with Crippen molar-refractivity contribution in [2.24, 2.45) is 5.10 Å². The van der Waals surface area contributed by atoms with Crippen LogP contribution >= 0.6 is 35.0 Å². The van der Waals surface area contributed by atoms with E-state index >= 15 is 0 Å². The highest BCUT2D eigenvalue weighted by Crippen LogP contribution is 2.45. The third-order valence-electron chi connectivity index (χ3n) is 4.42. The lowest BCUT2D eigenvalue weighted by molar-refractivity contribution is 0.0748. The standard InChI is InChI=1S/C22H16Cl2N2O2S/c1-28-19-8-3-2-7-18(19)22-26(21(27)15-5-4-6-17(24)13-15)25-20(29-22)14-9-11-16(23)12-10-14/h2-13,22H,1H3. The van der Waals surface area contributed by atoms with Gasteiger partial charge in [-0.1, -0.05) is 71.4 Å². The molecule has 29 heavy (non-hydrogen) atoms. The molecule has 7 heteroatoms. The summed E-state index contributed by atoms with van der Waals surface area (Å²) >= 11 is 13.6. The largest absolute Gasteiger partial charge is 0.496 e. The molecule has 0 radical (unpaired) electrons. The maximum absolute atomic E-state index is 13.3. The third-order valence-corrected chi connectivity index (χ3v) is 6.12. The van der Waals surface area contributed by atoms with E-state index in [2.05, 4.69) is 5.10 Å². The van der Waals surface area contributed by atoms with Crippen LogP contribution < -0.4 is 4.74 Å². The van der Waals surface area contributed by atoms with Gasteiger partial charge in [-0.2, -0.15) is 5.10 Å². The quantitative estimate of drug-likeness (QED) is 0.479. The maximum atomic E-state index is 13.3. The second-order valence-corrected chi connectivity index (χ2v) is 8.23. The highest BCUT2D eigenvalue weighted by molar-refractivity contribution is 8.14. The van der Waals surface area contributed by atoms with Crippen LogP contribution in [0, 0.1) is 0 Å². The van der Waals surface area contributed by atoms with Crippen molar-refractivity contribution in [3.63, 3.8) is 0 Å². The van der Waals surface area contributed by atoms with E-state index in [1.807, 2.05) is 36.4 Å². The highest BCUT2D eigenvalue weighted by Gasteiger charge is 2.36. The predicted molar refractivity (Wildman–Crippen MR) is 119 cm³/mol. The topological polar surface area (TPSA) is 41.9 Å². The molecule has 0 aromatic heterocycles. The van der Waals surface area contributed by atoms with Gasteiger partial charge in [0.15, 0.2) is 0 Å². The Hall–Kier alpha value is -2.47. The van der Waals surface area contributed by atoms with E-state index in [1.165, 1.54) is 16.8 Å². The van der Waals surface area contributed by atoms with Crippen LogP contribution in [0.5, 0.6) is 5.75 Å². The first-order valence-electron chi connectivity index (χ1n) is 8.80. The predicted octanol–water partition coefficient (Wildman–Crippen LogP) is 6.25. The Morgan fingerprint density at radius 2 is 1.76 bits per heavy atom. The van der Waals surface area contributed by atoms with Crippen LogP contribution in [0.2, 0.25) is 10.0 Å². The zero-order chi connectivity index (χ0) is 20.4. The number of para-hydroxylation sites is 1. The molecule has 0 N–H and O–H groups in total. The molecule has 0 aliphatic carbocycles. The molecule has 4 rings (SSSR count). The van der Waals surface area contributed by atoms with Crippen molar-refractivity contribution in [3.05, 3.63) is 99.5 Å². The summed E-state index contributed by atoms with van der Waals surface area (Å²) < 4.78 is 5.53. The average molecular weight is 443 g/mol. The minimum absolute atomic E-state index is 0.236. The first kappa shape index (κ1) is 19.8. The number of amides is 1. The second kappa shape index (κ2) is 8.49. The minimum atomic E-state index is -0.372. The van der Waals surface area contributed by atoms with E-state index in [9.17, 15) is 4.79 Å². The number of benzene rings is 3. The number of ether oxygens (including phenoxy) is 1. The number of thioether (sulfide) groups is 1. The van der Waals surface area contributed by atoms with Gasteiger partial charge in [0.25, 0.3) is 5.91 Å². The van der Waals surface area contributed by atoms with Crippen LogP contribution in [-0.4, -0.2) is 23.1 Å². The minimum Gasteiger partial charge on any atom is -0.496 e. The fourth-order valence-electron chi connectivity index (χ4n) is 3.02. The molecule has 0 fully saturated rings. The van der Waals surface area contributed by atoms with Gasteiger partial charge in [0.1, 0.15) is 16.2 Å². The molecular weight excluding hydrogens is 427 g/mol. The lowest BCUT2D eigenvalue weighted by atomic mass is 10.1. The lowest BCUT2D eigenvalue weighted by Crippen LogP contribution is -2.26. The Kier molecular flexibility index (Phi) is 5.81. The Morgan fingerprint density at radius 3 is 2.48 bits per heavy atom. The summed E-state index contributed by atoms with van der Waals surface area (Å²) in [5.41, 5.74) is 2.22. The van der Waals surface area contributed by atoms with Crippen molar-refractivity contribution in [2.45, 2.75) is 5.37 Å².